The smallest absolute Gasteiger partial charge is 0.308 e. The van der Waals surface area contributed by atoms with Crippen LogP contribution >= 0.6 is 0 Å². The molecule has 0 fully saturated rings. The number of benzene rings is 3. The number of para-hydroxylation sites is 1. The summed E-state index contributed by atoms with van der Waals surface area (Å²) in [6.07, 6.45) is -3.36. The minimum absolute atomic E-state index is 0.000208. The van der Waals surface area contributed by atoms with Gasteiger partial charge in [-0.05, 0) is 79.1 Å². The van der Waals surface area contributed by atoms with Gasteiger partial charge in [0.15, 0.2) is 0 Å². The average Bonchev–Trinajstić information content (AvgIpc) is 3.53. The standard InChI is InChI=1S/C41H49FN4O12/c1-28(2)39-38(41(50)43-32-13-7-4-8-14-32)37(29-11-5-3-6-12-29)40(30-15-17-31(42)18-16-30)44(39)21-19-33(47)25-34(48)26-36(49)56-27-35(58-46(53)54)20-24-55-22-9-10-23-57-45(51)52/h3-8,11-18,28,33-35,47-48H,9-10,19-27H2,1-2H3,(H,43,50)/t33-,34-,35?/m1/s1. The lowest BCUT2D eigenvalue weighted by Gasteiger charge is -2.20. The van der Waals surface area contributed by atoms with Gasteiger partial charge >= 0.3 is 5.97 Å². The molecule has 16 nitrogen and oxygen atoms in total. The van der Waals surface area contributed by atoms with Crippen molar-refractivity contribution >= 4 is 17.6 Å². The first kappa shape index (κ1) is 44.8. The van der Waals surface area contributed by atoms with Gasteiger partial charge in [-0.15, -0.1) is 20.2 Å². The number of nitrogens with one attached hydrogen (secondary N) is 1. The highest BCUT2D eigenvalue weighted by molar-refractivity contribution is 6.12. The lowest BCUT2D eigenvalue weighted by Crippen LogP contribution is -2.28. The number of aromatic nitrogens is 1. The Morgan fingerprint density at radius 3 is 2.12 bits per heavy atom. The molecule has 4 aromatic rings. The summed E-state index contributed by atoms with van der Waals surface area (Å²) in [5, 5.41) is 44.2. The number of ether oxygens (including phenoxy) is 2. The molecule has 0 aliphatic heterocycles. The molecule has 17 heteroatoms. The summed E-state index contributed by atoms with van der Waals surface area (Å²) in [5.74, 6) is -1.83. The Labute approximate surface area is 334 Å². The Bertz CT molecular complexity index is 1930. The van der Waals surface area contributed by atoms with Crippen LogP contribution in [0.2, 0.25) is 0 Å². The van der Waals surface area contributed by atoms with Crippen molar-refractivity contribution in [1.29, 1.82) is 0 Å². The Morgan fingerprint density at radius 1 is 0.828 bits per heavy atom. The number of anilines is 1. The molecule has 0 aliphatic carbocycles. The van der Waals surface area contributed by atoms with Crippen LogP contribution in [-0.4, -0.2) is 81.6 Å². The van der Waals surface area contributed by atoms with Gasteiger partial charge in [0.05, 0.1) is 36.5 Å². The second-order valence-electron chi connectivity index (χ2n) is 13.8. The second kappa shape index (κ2) is 22.7. The molecule has 1 unspecified atom stereocenters. The number of carbonyl (C=O) groups excluding carboxylic acids is 2. The van der Waals surface area contributed by atoms with Crippen LogP contribution in [0.25, 0.3) is 22.4 Å². The van der Waals surface area contributed by atoms with Gasteiger partial charge in [-0.2, -0.15) is 0 Å². The molecule has 1 amide bonds. The molecule has 0 spiro atoms. The van der Waals surface area contributed by atoms with E-state index in [4.69, 9.17) is 9.47 Å². The van der Waals surface area contributed by atoms with Gasteiger partial charge < -0.3 is 39.2 Å². The van der Waals surface area contributed by atoms with E-state index in [-0.39, 0.29) is 57.5 Å². The molecule has 3 atom stereocenters. The fraction of sp³-hybridized carbons (Fsp3) is 0.415. The summed E-state index contributed by atoms with van der Waals surface area (Å²) in [4.78, 5) is 56.8. The largest absolute Gasteiger partial charge is 0.463 e. The number of aliphatic hydroxyl groups excluding tert-OH is 2. The summed E-state index contributed by atoms with van der Waals surface area (Å²) in [7, 11) is 0. The first-order chi connectivity index (χ1) is 27.8. The number of hydrogen-bond acceptors (Lipinski definition) is 12. The molecule has 0 saturated heterocycles. The maximum atomic E-state index is 14.3. The molecule has 1 aromatic heterocycles. The van der Waals surface area contributed by atoms with Gasteiger partial charge in [-0.3, -0.25) is 9.59 Å². The molecule has 4 rings (SSSR count). The van der Waals surface area contributed by atoms with E-state index in [0.29, 0.717) is 46.6 Å². The molecular formula is C41H49FN4O12. The second-order valence-corrected chi connectivity index (χ2v) is 13.8. The fourth-order valence-electron chi connectivity index (χ4n) is 6.49. The van der Waals surface area contributed by atoms with Crippen LogP contribution in [0.5, 0.6) is 0 Å². The van der Waals surface area contributed by atoms with Crippen LogP contribution in [0.4, 0.5) is 10.1 Å². The van der Waals surface area contributed by atoms with Gasteiger partial charge in [0.2, 0.25) is 0 Å². The van der Waals surface area contributed by atoms with Gasteiger partial charge in [0.25, 0.3) is 16.1 Å². The van der Waals surface area contributed by atoms with Crippen LogP contribution in [-0.2, 0) is 30.5 Å². The van der Waals surface area contributed by atoms with Crippen molar-refractivity contribution < 1.29 is 53.5 Å². The molecule has 3 N–H and O–H groups in total. The number of esters is 1. The van der Waals surface area contributed by atoms with E-state index in [1.807, 2.05) is 66.9 Å². The van der Waals surface area contributed by atoms with Crippen molar-refractivity contribution in [2.75, 3.05) is 31.7 Å². The molecule has 0 aliphatic rings. The summed E-state index contributed by atoms with van der Waals surface area (Å²) in [6.45, 7) is 3.76. The van der Waals surface area contributed by atoms with Gasteiger partial charge in [-0.25, -0.2) is 4.39 Å². The van der Waals surface area contributed by atoms with Crippen molar-refractivity contribution in [3.8, 4) is 22.4 Å². The Balaban J connectivity index is 1.46. The monoisotopic (exact) mass is 808 g/mol. The molecule has 1 heterocycles. The molecule has 0 saturated carbocycles. The zero-order valence-corrected chi connectivity index (χ0v) is 32.4. The predicted octanol–water partition coefficient (Wildman–Crippen LogP) is 6.74. The number of hydrogen-bond donors (Lipinski definition) is 3. The van der Waals surface area contributed by atoms with Crippen molar-refractivity contribution in [2.24, 2.45) is 0 Å². The van der Waals surface area contributed by atoms with Gasteiger partial charge in [-0.1, -0.05) is 62.4 Å². The minimum atomic E-state index is -1.32. The highest BCUT2D eigenvalue weighted by Crippen LogP contribution is 2.42. The first-order valence-corrected chi connectivity index (χ1v) is 19.0. The summed E-state index contributed by atoms with van der Waals surface area (Å²) >= 11 is 0. The quantitative estimate of drug-likeness (QED) is 0.0275. The minimum Gasteiger partial charge on any atom is -0.463 e. The lowest BCUT2D eigenvalue weighted by molar-refractivity contribution is -0.769. The third kappa shape index (κ3) is 13.9. The van der Waals surface area contributed by atoms with Gasteiger partial charge in [0.1, 0.15) is 18.5 Å². The lowest BCUT2D eigenvalue weighted by atomic mass is 9.94. The summed E-state index contributed by atoms with van der Waals surface area (Å²) in [5.41, 5.74) is 4.38. The molecule has 0 bridgehead atoms. The van der Waals surface area contributed by atoms with Crippen LogP contribution in [0.3, 0.4) is 0 Å². The topological polar surface area (TPSA) is 215 Å². The molecular weight excluding hydrogens is 759 g/mol. The maximum absolute atomic E-state index is 14.3. The molecule has 0 radical (unpaired) electrons. The zero-order valence-electron chi connectivity index (χ0n) is 32.4. The maximum Gasteiger partial charge on any atom is 0.308 e. The predicted molar refractivity (Wildman–Crippen MR) is 210 cm³/mol. The third-order valence-corrected chi connectivity index (χ3v) is 9.05. The molecule has 312 valence electrons. The Kier molecular flexibility index (Phi) is 17.6. The van der Waals surface area contributed by atoms with E-state index in [1.165, 1.54) is 12.1 Å². The normalized spacial score (nSPS) is 12.7. The van der Waals surface area contributed by atoms with E-state index in [0.717, 1.165) is 5.56 Å². The molecule has 58 heavy (non-hydrogen) atoms. The number of carbonyl (C=O) groups is 2. The number of amides is 1. The van der Waals surface area contributed by atoms with Crippen molar-refractivity contribution in [2.45, 2.75) is 83.1 Å². The first-order valence-electron chi connectivity index (χ1n) is 19.0. The summed E-state index contributed by atoms with van der Waals surface area (Å²) in [6, 6.07) is 24.4. The fourth-order valence-corrected chi connectivity index (χ4v) is 6.49. The van der Waals surface area contributed by atoms with Crippen molar-refractivity contribution in [1.82, 2.24) is 4.57 Å². The van der Waals surface area contributed by atoms with E-state index >= 15 is 0 Å². The van der Waals surface area contributed by atoms with Crippen LogP contribution < -0.4 is 5.32 Å². The van der Waals surface area contributed by atoms with E-state index in [9.17, 15) is 44.4 Å². The number of unbranched alkanes of at least 4 members (excludes halogenated alkanes) is 1. The van der Waals surface area contributed by atoms with E-state index in [1.54, 1.807) is 24.3 Å². The highest BCUT2D eigenvalue weighted by Gasteiger charge is 2.31. The third-order valence-electron chi connectivity index (χ3n) is 9.05. The Morgan fingerprint density at radius 2 is 1.48 bits per heavy atom. The van der Waals surface area contributed by atoms with E-state index < -0.39 is 53.3 Å². The highest BCUT2D eigenvalue weighted by atomic mass is 19.1. The van der Waals surface area contributed by atoms with Crippen molar-refractivity contribution in [3.63, 3.8) is 0 Å². The van der Waals surface area contributed by atoms with Crippen molar-refractivity contribution in [3.05, 3.63) is 122 Å². The Hall–Kier alpha value is -5.91. The number of aliphatic hydroxyl groups is 2. The summed E-state index contributed by atoms with van der Waals surface area (Å²) < 4.78 is 26.7. The van der Waals surface area contributed by atoms with Crippen LogP contribution in [0, 0.1) is 26.0 Å². The van der Waals surface area contributed by atoms with Crippen LogP contribution in [0.1, 0.15) is 74.3 Å². The number of nitrogens with zero attached hydrogens (tertiary/aromatic N) is 3. The zero-order chi connectivity index (χ0) is 42.0. The van der Waals surface area contributed by atoms with Gasteiger partial charge in [0, 0.05) is 43.1 Å². The van der Waals surface area contributed by atoms with Crippen LogP contribution in [0.15, 0.2) is 84.9 Å². The average molecular weight is 809 g/mol. The number of rotatable bonds is 25. The molecule has 3 aromatic carbocycles. The SMILES string of the molecule is CC(C)c1c(C(=O)Nc2ccccc2)c(-c2ccccc2)c(-c2ccc(F)cc2)n1CC[C@@H](O)C[C@@H](O)CC(=O)OCC(CCOCCCCO[N+](=O)[O-])O[N+](=O)[O-]. The van der Waals surface area contributed by atoms with E-state index in [2.05, 4.69) is 15.0 Å². The number of halogens is 1.